The van der Waals surface area contributed by atoms with Gasteiger partial charge in [-0.05, 0) is 43.7 Å². The fraction of sp³-hybridized carbons (Fsp3) is 0.368. The van der Waals surface area contributed by atoms with E-state index in [1.54, 1.807) is 24.3 Å². The van der Waals surface area contributed by atoms with E-state index in [1.807, 2.05) is 13.8 Å². The fourth-order valence-corrected chi connectivity index (χ4v) is 3.76. The van der Waals surface area contributed by atoms with Crippen molar-refractivity contribution in [1.82, 2.24) is 0 Å². The number of benzene rings is 2. The van der Waals surface area contributed by atoms with E-state index in [4.69, 9.17) is 32.1 Å². The van der Waals surface area contributed by atoms with Gasteiger partial charge in [-0.1, -0.05) is 54.2 Å². The molecule has 0 amide bonds. The van der Waals surface area contributed by atoms with Crippen LogP contribution in [0.15, 0.2) is 47.4 Å². The first-order chi connectivity index (χ1) is 12.7. The van der Waals surface area contributed by atoms with E-state index in [-0.39, 0.29) is 4.90 Å². The first-order valence-corrected chi connectivity index (χ1v) is 10.6. The largest absolute Gasteiger partial charge is 0.486 e. The van der Waals surface area contributed by atoms with Crippen LogP contribution in [-0.4, -0.2) is 32.3 Å². The summed E-state index contributed by atoms with van der Waals surface area (Å²) in [7, 11) is -3.97. The highest BCUT2D eigenvalue weighted by Crippen LogP contribution is 2.29. The zero-order valence-corrected chi connectivity index (χ0v) is 17.4. The lowest BCUT2D eigenvalue weighted by Gasteiger charge is -2.24. The Morgan fingerprint density at radius 1 is 1.11 bits per heavy atom. The Hall–Kier alpha value is -1.31. The van der Waals surface area contributed by atoms with Crippen LogP contribution in [0.4, 0.5) is 0 Å². The lowest BCUT2D eigenvalue weighted by molar-refractivity contribution is 0.00342. The van der Waals surface area contributed by atoms with E-state index in [0.717, 1.165) is 12.0 Å². The first kappa shape index (κ1) is 22.0. The Morgan fingerprint density at radius 2 is 1.78 bits per heavy atom. The molecule has 2 rings (SSSR count). The van der Waals surface area contributed by atoms with Crippen molar-refractivity contribution >= 4 is 33.3 Å². The van der Waals surface area contributed by atoms with Crippen LogP contribution in [0.5, 0.6) is 5.75 Å². The minimum Gasteiger partial charge on any atom is -0.486 e. The van der Waals surface area contributed by atoms with Gasteiger partial charge in [0.1, 0.15) is 18.0 Å². The second kappa shape index (κ2) is 9.75. The molecule has 2 aromatic carbocycles. The van der Waals surface area contributed by atoms with E-state index in [0.29, 0.717) is 22.2 Å². The Bertz CT molecular complexity index is 853. The van der Waals surface area contributed by atoms with Crippen molar-refractivity contribution < 1.29 is 22.4 Å². The lowest BCUT2D eigenvalue weighted by atomic mass is 10.1. The van der Waals surface area contributed by atoms with Crippen LogP contribution in [0.1, 0.15) is 25.3 Å². The van der Waals surface area contributed by atoms with Crippen molar-refractivity contribution in [2.45, 2.75) is 43.8 Å². The third-order valence-electron chi connectivity index (χ3n) is 3.88. The molecule has 0 aromatic heterocycles. The third-order valence-corrected chi connectivity index (χ3v) is 5.70. The number of hydrogen-bond donors (Lipinski definition) is 1. The number of aliphatic hydroxyl groups is 1. The molecule has 2 unspecified atom stereocenters. The van der Waals surface area contributed by atoms with Crippen LogP contribution in [0, 0.1) is 6.92 Å². The van der Waals surface area contributed by atoms with Gasteiger partial charge in [0, 0.05) is 5.02 Å². The Labute approximate surface area is 170 Å². The molecule has 0 aliphatic carbocycles. The third kappa shape index (κ3) is 6.36. The molecule has 0 aliphatic heterocycles. The van der Waals surface area contributed by atoms with Crippen molar-refractivity contribution in [1.29, 1.82) is 0 Å². The van der Waals surface area contributed by atoms with E-state index in [9.17, 15) is 13.5 Å². The molecule has 0 fully saturated rings. The molecule has 0 spiro atoms. The maximum atomic E-state index is 12.3. The summed E-state index contributed by atoms with van der Waals surface area (Å²) in [6, 6.07) is 11.0. The first-order valence-electron chi connectivity index (χ1n) is 8.49. The van der Waals surface area contributed by atoms with Gasteiger partial charge < -0.3 is 9.84 Å². The number of aliphatic hydroxyl groups excluding tert-OH is 1. The molecule has 1 N–H and O–H groups in total. The smallest absolute Gasteiger partial charge is 0.297 e. The van der Waals surface area contributed by atoms with Crippen LogP contribution >= 0.6 is 23.2 Å². The molecular formula is C19H22Cl2O5S. The van der Waals surface area contributed by atoms with Gasteiger partial charge in [-0.3, -0.25) is 4.18 Å². The number of rotatable bonds is 9. The molecule has 0 saturated carbocycles. The molecule has 0 heterocycles. The fourth-order valence-electron chi connectivity index (χ4n) is 2.39. The van der Waals surface area contributed by atoms with Gasteiger partial charge >= 0.3 is 0 Å². The van der Waals surface area contributed by atoms with Crippen molar-refractivity contribution in [2.75, 3.05) is 6.61 Å². The Balaban J connectivity index is 2.05. The van der Waals surface area contributed by atoms with Crippen LogP contribution < -0.4 is 4.74 Å². The van der Waals surface area contributed by atoms with Crippen LogP contribution in [0.25, 0.3) is 0 Å². The van der Waals surface area contributed by atoms with Crippen molar-refractivity contribution in [3.63, 3.8) is 0 Å². The Kier molecular flexibility index (Phi) is 7.94. The molecule has 2 atom stereocenters. The number of ether oxygens (including phenoxy) is 1. The summed E-state index contributed by atoms with van der Waals surface area (Å²) >= 11 is 12.0. The quantitative estimate of drug-likeness (QED) is 0.585. The van der Waals surface area contributed by atoms with Crippen molar-refractivity contribution in [3.05, 3.63) is 58.1 Å². The summed E-state index contributed by atoms with van der Waals surface area (Å²) < 4.78 is 35.3. The summed E-state index contributed by atoms with van der Waals surface area (Å²) in [6.45, 7) is 3.36. The molecule has 0 bridgehead atoms. The molecule has 27 heavy (non-hydrogen) atoms. The Morgan fingerprint density at radius 3 is 2.37 bits per heavy atom. The van der Waals surface area contributed by atoms with Gasteiger partial charge in [0.05, 0.1) is 16.5 Å². The standard InChI is InChI=1S/C19H22Cl2O5S/c1-3-4-19(26-18-10-7-14(20)11-16(18)21)17(22)12-25-27(23,24)15-8-5-13(2)6-9-15/h5-11,17,19,22H,3-4,12H2,1-2H3. The van der Waals surface area contributed by atoms with Crippen LogP contribution in [0.3, 0.4) is 0 Å². The zero-order valence-electron chi connectivity index (χ0n) is 15.1. The van der Waals surface area contributed by atoms with Gasteiger partial charge in [0.2, 0.25) is 0 Å². The summed E-state index contributed by atoms with van der Waals surface area (Å²) in [5, 5.41) is 11.2. The molecule has 2 aromatic rings. The minimum atomic E-state index is -3.97. The van der Waals surface area contributed by atoms with E-state index < -0.39 is 28.9 Å². The van der Waals surface area contributed by atoms with E-state index in [2.05, 4.69) is 0 Å². The highest BCUT2D eigenvalue weighted by atomic mass is 35.5. The van der Waals surface area contributed by atoms with E-state index in [1.165, 1.54) is 18.2 Å². The lowest BCUT2D eigenvalue weighted by Crippen LogP contribution is -2.36. The average molecular weight is 433 g/mol. The summed E-state index contributed by atoms with van der Waals surface area (Å²) in [5.41, 5.74) is 0.935. The average Bonchev–Trinajstić information content (AvgIpc) is 2.62. The molecule has 5 nitrogen and oxygen atoms in total. The maximum absolute atomic E-state index is 12.3. The summed E-state index contributed by atoms with van der Waals surface area (Å²) in [4.78, 5) is 0.0361. The highest BCUT2D eigenvalue weighted by Gasteiger charge is 2.25. The molecule has 148 valence electrons. The van der Waals surface area contributed by atoms with Crippen LogP contribution in [-0.2, 0) is 14.3 Å². The summed E-state index contributed by atoms with van der Waals surface area (Å²) in [5.74, 6) is 0.361. The van der Waals surface area contributed by atoms with Gasteiger partial charge in [0.15, 0.2) is 0 Å². The van der Waals surface area contributed by atoms with Crippen molar-refractivity contribution in [3.8, 4) is 5.75 Å². The van der Waals surface area contributed by atoms with Crippen LogP contribution in [0.2, 0.25) is 10.0 Å². The predicted octanol–water partition coefficient (Wildman–Crippen LogP) is 4.62. The minimum absolute atomic E-state index is 0.0361. The summed E-state index contributed by atoms with van der Waals surface area (Å²) in [6.07, 6.45) is -0.620. The normalized spacial score (nSPS) is 14.0. The van der Waals surface area contributed by atoms with Crippen molar-refractivity contribution in [2.24, 2.45) is 0 Å². The van der Waals surface area contributed by atoms with Gasteiger partial charge in [-0.2, -0.15) is 8.42 Å². The highest BCUT2D eigenvalue weighted by molar-refractivity contribution is 7.86. The maximum Gasteiger partial charge on any atom is 0.297 e. The van der Waals surface area contributed by atoms with Gasteiger partial charge in [-0.15, -0.1) is 0 Å². The predicted molar refractivity (Wildman–Crippen MR) is 106 cm³/mol. The second-order valence-electron chi connectivity index (χ2n) is 6.14. The zero-order chi connectivity index (χ0) is 20.0. The topological polar surface area (TPSA) is 72.8 Å². The second-order valence-corrected chi connectivity index (χ2v) is 8.60. The monoisotopic (exact) mass is 432 g/mol. The SMILES string of the molecule is CCCC(Oc1ccc(Cl)cc1Cl)C(O)COS(=O)(=O)c1ccc(C)cc1. The van der Waals surface area contributed by atoms with Gasteiger partial charge in [-0.25, -0.2) is 0 Å². The number of hydrogen-bond acceptors (Lipinski definition) is 5. The number of halogens is 2. The molecular weight excluding hydrogens is 411 g/mol. The van der Waals surface area contributed by atoms with E-state index >= 15 is 0 Å². The number of aryl methyl sites for hydroxylation is 1. The molecule has 0 radical (unpaired) electrons. The molecule has 8 heteroatoms. The molecule has 0 saturated heterocycles. The van der Waals surface area contributed by atoms with Gasteiger partial charge in [0.25, 0.3) is 10.1 Å². The molecule has 0 aliphatic rings.